The molecule has 19 heavy (non-hydrogen) atoms. The first kappa shape index (κ1) is 14.0. The van der Waals surface area contributed by atoms with E-state index in [1.54, 1.807) is 0 Å². The van der Waals surface area contributed by atoms with Crippen molar-refractivity contribution < 1.29 is 4.79 Å². The summed E-state index contributed by atoms with van der Waals surface area (Å²) < 4.78 is 0. The van der Waals surface area contributed by atoms with Crippen molar-refractivity contribution in [1.29, 1.82) is 0 Å². The fraction of sp³-hybridized carbons (Fsp3) is 0.769. The van der Waals surface area contributed by atoms with E-state index in [4.69, 9.17) is 0 Å². The van der Waals surface area contributed by atoms with Crippen LogP contribution in [0.3, 0.4) is 0 Å². The van der Waals surface area contributed by atoms with Gasteiger partial charge in [0.2, 0.25) is 5.82 Å². The Bertz CT molecular complexity index is 411. The number of aryl methyl sites for hydroxylation is 1. The van der Waals surface area contributed by atoms with Crippen molar-refractivity contribution in [1.82, 2.24) is 25.4 Å². The maximum absolute atomic E-state index is 11.9. The number of carbonyl (C=O) groups is 1. The fourth-order valence-corrected chi connectivity index (χ4v) is 2.36. The van der Waals surface area contributed by atoms with E-state index in [0.717, 1.165) is 25.3 Å². The molecule has 1 saturated heterocycles. The number of likely N-dealkylation sites (tertiary alicyclic amines) is 1. The molecule has 106 valence electrons. The SMILES string of the molecule is CCc1nc(C(=O)NCC(C)N2CCCCC2)n[nH]1. The number of aromatic nitrogens is 3. The molecule has 2 rings (SSSR count). The Hall–Kier alpha value is -1.43. The summed E-state index contributed by atoms with van der Waals surface area (Å²) in [5.41, 5.74) is 0. The van der Waals surface area contributed by atoms with Gasteiger partial charge in [0.15, 0.2) is 0 Å². The van der Waals surface area contributed by atoms with E-state index < -0.39 is 0 Å². The van der Waals surface area contributed by atoms with Crippen LogP contribution in [0.15, 0.2) is 0 Å². The Kier molecular flexibility index (Phi) is 4.90. The van der Waals surface area contributed by atoms with Gasteiger partial charge in [-0.3, -0.25) is 14.8 Å². The molecule has 0 saturated carbocycles. The Morgan fingerprint density at radius 3 is 2.79 bits per heavy atom. The van der Waals surface area contributed by atoms with E-state index in [1.807, 2.05) is 6.92 Å². The topological polar surface area (TPSA) is 73.9 Å². The highest BCUT2D eigenvalue weighted by Crippen LogP contribution is 2.11. The Morgan fingerprint density at radius 1 is 1.42 bits per heavy atom. The van der Waals surface area contributed by atoms with Crippen LogP contribution in [0.5, 0.6) is 0 Å². The Balaban J connectivity index is 1.79. The second-order valence-electron chi connectivity index (χ2n) is 5.11. The molecule has 0 aliphatic carbocycles. The zero-order chi connectivity index (χ0) is 13.7. The highest BCUT2D eigenvalue weighted by molar-refractivity contribution is 5.90. The highest BCUT2D eigenvalue weighted by atomic mass is 16.2. The lowest BCUT2D eigenvalue weighted by Crippen LogP contribution is -2.44. The van der Waals surface area contributed by atoms with Gasteiger partial charge in [-0.25, -0.2) is 4.98 Å². The van der Waals surface area contributed by atoms with Gasteiger partial charge in [0.1, 0.15) is 5.82 Å². The van der Waals surface area contributed by atoms with Crippen molar-refractivity contribution in [2.45, 2.75) is 45.6 Å². The van der Waals surface area contributed by atoms with Gasteiger partial charge in [0.25, 0.3) is 5.91 Å². The minimum Gasteiger partial charge on any atom is -0.348 e. The number of aromatic amines is 1. The van der Waals surface area contributed by atoms with E-state index in [1.165, 1.54) is 19.3 Å². The third-order valence-corrected chi connectivity index (χ3v) is 3.64. The van der Waals surface area contributed by atoms with E-state index in [9.17, 15) is 4.79 Å². The van der Waals surface area contributed by atoms with Crippen molar-refractivity contribution in [3.63, 3.8) is 0 Å². The smallest absolute Gasteiger partial charge is 0.291 e. The van der Waals surface area contributed by atoms with E-state index in [-0.39, 0.29) is 11.7 Å². The molecular weight excluding hydrogens is 242 g/mol. The second-order valence-corrected chi connectivity index (χ2v) is 5.11. The molecule has 2 heterocycles. The molecule has 1 fully saturated rings. The molecule has 0 bridgehead atoms. The van der Waals surface area contributed by atoms with Gasteiger partial charge < -0.3 is 5.32 Å². The number of hydrogen-bond acceptors (Lipinski definition) is 4. The van der Waals surface area contributed by atoms with Crippen LogP contribution in [-0.2, 0) is 6.42 Å². The molecule has 1 aliphatic heterocycles. The summed E-state index contributed by atoms with van der Waals surface area (Å²) in [4.78, 5) is 18.4. The molecular formula is C13H23N5O. The van der Waals surface area contributed by atoms with E-state index in [0.29, 0.717) is 12.6 Å². The predicted molar refractivity (Wildman–Crippen MR) is 73.0 cm³/mol. The average molecular weight is 265 g/mol. The number of amides is 1. The van der Waals surface area contributed by atoms with E-state index in [2.05, 4.69) is 32.3 Å². The molecule has 1 aromatic heterocycles. The Morgan fingerprint density at radius 2 is 2.16 bits per heavy atom. The summed E-state index contributed by atoms with van der Waals surface area (Å²) >= 11 is 0. The lowest BCUT2D eigenvalue weighted by atomic mass is 10.1. The fourth-order valence-electron chi connectivity index (χ4n) is 2.36. The second kappa shape index (κ2) is 6.65. The first-order valence-electron chi connectivity index (χ1n) is 7.14. The minimum absolute atomic E-state index is 0.195. The highest BCUT2D eigenvalue weighted by Gasteiger charge is 2.18. The number of nitrogens with zero attached hydrogens (tertiary/aromatic N) is 3. The number of H-pyrrole nitrogens is 1. The minimum atomic E-state index is -0.195. The maximum atomic E-state index is 11.9. The summed E-state index contributed by atoms with van der Waals surface area (Å²) in [6, 6.07) is 0.369. The molecule has 0 spiro atoms. The molecule has 0 radical (unpaired) electrons. The van der Waals surface area contributed by atoms with Crippen LogP contribution >= 0.6 is 0 Å². The maximum Gasteiger partial charge on any atom is 0.291 e. The van der Waals surface area contributed by atoms with E-state index >= 15 is 0 Å². The van der Waals surface area contributed by atoms with Crippen LogP contribution in [0.25, 0.3) is 0 Å². The molecule has 1 aliphatic rings. The summed E-state index contributed by atoms with van der Waals surface area (Å²) in [7, 11) is 0. The monoisotopic (exact) mass is 265 g/mol. The molecule has 6 nitrogen and oxygen atoms in total. The van der Waals surface area contributed by atoms with Gasteiger partial charge in [0, 0.05) is 19.0 Å². The summed E-state index contributed by atoms with van der Waals surface area (Å²) in [5, 5.41) is 9.58. The van der Waals surface area contributed by atoms with Crippen LogP contribution in [-0.4, -0.2) is 51.7 Å². The number of rotatable bonds is 5. The van der Waals surface area contributed by atoms with Crippen LogP contribution < -0.4 is 5.32 Å². The zero-order valence-corrected chi connectivity index (χ0v) is 11.8. The molecule has 1 atom stereocenters. The van der Waals surface area contributed by atoms with Gasteiger partial charge in [0.05, 0.1) is 0 Å². The molecule has 1 unspecified atom stereocenters. The summed E-state index contributed by atoms with van der Waals surface area (Å²) in [6.45, 7) is 7.05. The third-order valence-electron chi connectivity index (χ3n) is 3.64. The van der Waals surface area contributed by atoms with Crippen LogP contribution in [0, 0.1) is 0 Å². The van der Waals surface area contributed by atoms with Crippen LogP contribution in [0.2, 0.25) is 0 Å². The summed E-state index contributed by atoms with van der Waals surface area (Å²) in [6.07, 6.45) is 4.61. The van der Waals surface area contributed by atoms with Crippen molar-refractivity contribution in [3.05, 3.63) is 11.6 Å². The molecule has 1 amide bonds. The first-order chi connectivity index (χ1) is 9.20. The zero-order valence-electron chi connectivity index (χ0n) is 11.8. The van der Waals surface area contributed by atoms with Gasteiger partial charge >= 0.3 is 0 Å². The number of piperidine rings is 1. The first-order valence-corrected chi connectivity index (χ1v) is 7.14. The van der Waals surface area contributed by atoms with Crippen LogP contribution in [0.4, 0.5) is 0 Å². The van der Waals surface area contributed by atoms with Gasteiger partial charge in [-0.05, 0) is 32.9 Å². The largest absolute Gasteiger partial charge is 0.348 e. The molecule has 0 aromatic carbocycles. The molecule has 6 heteroatoms. The normalized spacial score (nSPS) is 18.2. The predicted octanol–water partition coefficient (Wildman–Crippen LogP) is 0.971. The van der Waals surface area contributed by atoms with Crippen LogP contribution in [0.1, 0.15) is 49.6 Å². The lowest BCUT2D eigenvalue weighted by Gasteiger charge is -2.32. The quantitative estimate of drug-likeness (QED) is 0.832. The van der Waals surface area contributed by atoms with Gasteiger partial charge in [-0.1, -0.05) is 13.3 Å². The van der Waals surface area contributed by atoms with Crippen molar-refractivity contribution >= 4 is 5.91 Å². The van der Waals surface area contributed by atoms with Gasteiger partial charge in [-0.2, -0.15) is 0 Å². The third kappa shape index (κ3) is 3.76. The van der Waals surface area contributed by atoms with Gasteiger partial charge in [-0.15, -0.1) is 5.10 Å². The number of nitrogens with one attached hydrogen (secondary N) is 2. The van der Waals surface area contributed by atoms with Crippen molar-refractivity contribution in [3.8, 4) is 0 Å². The average Bonchev–Trinajstić information content (AvgIpc) is 2.94. The molecule has 2 N–H and O–H groups in total. The van der Waals surface area contributed by atoms with Crippen molar-refractivity contribution in [2.75, 3.05) is 19.6 Å². The Labute approximate surface area is 114 Å². The van der Waals surface area contributed by atoms with Crippen molar-refractivity contribution in [2.24, 2.45) is 0 Å². The summed E-state index contributed by atoms with van der Waals surface area (Å²) in [5.74, 6) is 0.789. The number of hydrogen-bond donors (Lipinski definition) is 2. The molecule has 1 aromatic rings. The number of carbonyl (C=O) groups excluding carboxylic acids is 1. The lowest BCUT2D eigenvalue weighted by molar-refractivity contribution is 0.0920. The standard InChI is InChI=1S/C13H23N5O/c1-3-11-15-12(17-16-11)13(19)14-9-10(2)18-7-5-4-6-8-18/h10H,3-9H2,1-2H3,(H,14,19)(H,15,16,17).